The van der Waals surface area contributed by atoms with Gasteiger partial charge in [-0.1, -0.05) is 23.7 Å². The van der Waals surface area contributed by atoms with Crippen LogP contribution in [-0.2, 0) is 11.2 Å². The highest BCUT2D eigenvalue weighted by Gasteiger charge is 2.20. The monoisotopic (exact) mass is 212 g/mol. The smallest absolute Gasteiger partial charge is 0.151 e. The first-order valence-corrected chi connectivity index (χ1v) is 4.76. The van der Waals surface area contributed by atoms with Crippen LogP contribution in [0.4, 0.5) is 0 Å². The van der Waals surface area contributed by atoms with Crippen molar-refractivity contribution >= 4 is 17.9 Å². The summed E-state index contributed by atoms with van der Waals surface area (Å²) in [6.45, 7) is 3.41. The Hall–Kier alpha value is -0.860. The van der Waals surface area contributed by atoms with Crippen LogP contribution < -0.4 is 0 Å². The van der Waals surface area contributed by atoms with Gasteiger partial charge in [0.15, 0.2) is 6.29 Å². The number of carbonyl (C=O) groups is 1. The molecule has 0 bridgehead atoms. The zero-order valence-corrected chi connectivity index (χ0v) is 9.01. The van der Waals surface area contributed by atoms with E-state index in [2.05, 4.69) is 0 Å². The van der Waals surface area contributed by atoms with Crippen molar-refractivity contribution in [2.45, 2.75) is 25.9 Å². The molecule has 2 nitrogen and oxygen atoms in total. The summed E-state index contributed by atoms with van der Waals surface area (Å²) in [4.78, 5) is 10.5. The molecule has 1 atom stereocenters. The second-order valence-corrected chi connectivity index (χ2v) is 4.15. The van der Waals surface area contributed by atoms with Crippen LogP contribution in [0.15, 0.2) is 18.2 Å². The molecule has 0 saturated carbocycles. The predicted molar refractivity (Wildman–Crippen MR) is 56.6 cm³/mol. The number of aryl methyl sites for hydroxylation is 1. The largest absolute Gasteiger partial charge is 0.382 e. The number of benzene rings is 1. The fourth-order valence-corrected chi connectivity index (χ4v) is 1.52. The lowest BCUT2D eigenvalue weighted by Crippen LogP contribution is -2.28. The Balaban J connectivity index is 2.92. The predicted octanol–water partition coefficient (Wildman–Crippen LogP) is 2.14. The number of aliphatic hydroxyl groups is 1. The standard InChI is InChI=1S/C11H13ClO2/c1-8-3-4-9(10(12)5-8)6-11(2,14)7-13/h3-5,7,14H,6H2,1-2H3. The molecule has 0 amide bonds. The third-order valence-corrected chi connectivity index (χ3v) is 2.36. The molecule has 0 fully saturated rings. The van der Waals surface area contributed by atoms with E-state index < -0.39 is 5.60 Å². The zero-order chi connectivity index (χ0) is 10.8. The summed E-state index contributed by atoms with van der Waals surface area (Å²) >= 11 is 5.97. The van der Waals surface area contributed by atoms with Gasteiger partial charge in [-0.3, -0.25) is 0 Å². The first kappa shape index (κ1) is 11.2. The van der Waals surface area contributed by atoms with Gasteiger partial charge in [0.25, 0.3) is 0 Å². The van der Waals surface area contributed by atoms with Gasteiger partial charge in [-0.25, -0.2) is 0 Å². The highest BCUT2D eigenvalue weighted by Crippen LogP contribution is 2.21. The number of rotatable bonds is 3. The van der Waals surface area contributed by atoms with Gasteiger partial charge in [0.05, 0.1) is 0 Å². The molecule has 3 heteroatoms. The SMILES string of the molecule is Cc1ccc(CC(C)(O)C=O)c(Cl)c1. The molecule has 14 heavy (non-hydrogen) atoms. The van der Waals surface area contributed by atoms with Gasteiger partial charge in [-0.2, -0.15) is 0 Å². The highest BCUT2D eigenvalue weighted by atomic mass is 35.5. The Morgan fingerprint density at radius 1 is 1.57 bits per heavy atom. The molecule has 0 spiro atoms. The lowest BCUT2D eigenvalue weighted by atomic mass is 9.97. The fraction of sp³-hybridized carbons (Fsp3) is 0.364. The quantitative estimate of drug-likeness (QED) is 0.780. The summed E-state index contributed by atoms with van der Waals surface area (Å²) in [5, 5.41) is 10.1. The summed E-state index contributed by atoms with van der Waals surface area (Å²) < 4.78 is 0. The number of aldehydes is 1. The number of carbonyl (C=O) groups excluding carboxylic acids is 1. The average Bonchev–Trinajstić information content (AvgIpc) is 2.10. The molecule has 0 aliphatic rings. The summed E-state index contributed by atoms with van der Waals surface area (Å²) in [7, 11) is 0. The van der Waals surface area contributed by atoms with Crippen molar-refractivity contribution in [1.82, 2.24) is 0 Å². The second kappa shape index (κ2) is 4.11. The summed E-state index contributed by atoms with van der Waals surface area (Å²) in [6.07, 6.45) is 0.777. The van der Waals surface area contributed by atoms with E-state index >= 15 is 0 Å². The lowest BCUT2D eigenvalue weighted by Gasteiger charge is -2.16. The minimum atomic E-state index is -1.33. The van der Waals surface area contributed by atoms with Crippen molar-refractivity contribution in [1.29, 1.82) is 0 Å². The molecule has 1 aromatic carbocycles. The normalized spacial score (nSPS) is 14.9. The van der Waals surface area contributed by atoms with E-state index in [0.717, 1.165) is 11.1 Å². The molecule has 1 rings (SSSR count). The summed E-state index contributed by atoms with van der Waals surface area (Å²) in [5.41, 5.74) is 0.512. The van der Waals surface area contributed by atoms with Crippen LogP contribution in [0.3, 0.4) is 0 Å². The van der Waals surface area contributed by atoms with Gasteiger partial charge in [-0.05, 0) is 31.0 Å². The molecule has 0 aromatic heterocycles. The van der Waals surface area contributed by atoms with E-state index in [1.54, 1.807) is 0 Å². The Morgan fingerprint density at radius 2 is 2.21 bits per heavy atom. The molecule has 0 heterocycles. The Bertz CT molecular complexity index is 345. The molecule has 0 aliphatic carbocycles. The van der Waals surface area contributed by atoms with Crippen molar-refractivity contribution in [2.75, 3.05) is 0 Å². The molecule has 0 saturated heterocycles. The Labute approximate surface area is 88.5 Å². The van der Waals surface area contributed by atoms with Crippen LogP contribution in [0, 0.1) is 6.92 Å². The molecule has 76 valence electrons. The summed E-state index contributed by atoms with van der Waals surface area (Å²) in [6, 6.07) is 5.55. The minimum Gasteiger partial charge on any atom is -0.382 e. The van der Waals surface area contributed by atoms with Crippen LogP contribution in [0.2, 0.25) is 5.02 Å². The zero-order valence-electron chi connectivity index (χ0n) is 8.25. The van der Waals surface area contributed by atoms with E-state index in [1.807, 2.05) is 25.1 Å². The van der Waals surface area contributed by atoms with Crippen LogP contribution >= 0.6 is 11.6 Å². The van der Waals surface area contributed by atoms with Crippen LogP contribution in [0.5, 0.6) is 0 Å². The third kappa shape index (κ3) is 2.82. The van der Waals surface area contributed by atoms with Gasteiger partial charge in [0, 0.05) is 11.4 Å². The van der Waals surface area contributed by atoms with Gasteiger partial charge in [0.1, 0.15) is 5.60 Å². The molecular formula is C11H13ClO2. The highest BCUT2D eigenvalue weighted by molar-refractivity contribution is 6.31. The van der Waals surface area contributed by atoms with E-state index in [-0.39, 0.29) is 6.42 Å². The van der Waals surface area contributed by atoms with Gasteiger partial charge < -0.3 is 9.90 Å². The van der Waals surface area contributed by atoms with Crippen molar-refractivity contribution in [2.24, 2.45) is 0 Å². The van der Waals surface area contributed by atoms with Gasteiger partial charge in [-0.15, -0.1) is 0 Å². The fourth-order valence-electron chi connectivity index (χ4n) is 1.22. The topological polar surface area (TPSA) is 37.3 Å². The van der Waals surface area contributed by atoms with E-state index in [4.69, 9.17) is 11.6 Å². The first-order valence-electron chi connectivity index (χ1n) is 4.38. The Kier molecular flexibility index (Phi) is 3.29. The van der Waals surface area contributed by atoms with Crippen LogP contribution in [-0.4, -0.2) is 17.0 Å². The van der Waals surface area contributed by atoms with Crippen molar-refractivity contribution in [3.8, 4) is 0 Å². The van der Waals surface area contributed by atoms with E-state index in [1.165, 1.54) is 6.92 Å². The van der Waals surface area contributed by atoms with E-state index in [9.17, 15) is 9.90 Å². The van der Waals surface area contributed by atoms with Crippen LogP contribution in [0.1, 0.15) is 18.1 Å². The Morgan fingerprint density at radius 3 is 2.71 bits per heavy atom. The average molecular weight is 213 g/mol. The van der Waals surface area contributed by atoms with Crippen molar-refractivity contribution < 1.29 is 9.90 Å². The lowest BCUT2D eigenvalue weighted by molar-refractivity contribution is -0.122. The minimum absolute atomic E-state index is 0.246. The maximum absolute atomic E-state index is 10.5. The number of hydrogen-bond acceptors (Lipinski definition) is 2. The molecular weight excluding hydrogens is 200 g/mol. The van der Waals surface area contributed by atoms with Gasteiger partial charge >= 0.3 is 0 Å². The maximum atomic E-state index is 10.5. The third-order valence-electron chi connectivity index (χ3n) is 2.01. The van der Waals surface area contributed by atoms with Crippen LogP contribution in [0.25, 0.3) is 0 Å². The number of hydrogen-bond donors (Lipinski definition) is 1. The van der Waals surface area contributed by atoms with Crippen molar-refractivity contribution in [3.63, 3.8) is 0 Å². The second-order valence-electron chi connectivity index (χ2n) is 3.75. The van der Waals surface area contributed by atoms with Gasteiger partial charge in [0.2, 0.25) is 0 Å². The molecule has 0 aliphatic heterocycles. The molecule has 0 radical (unpaired) electrons. The number of halogens is 1. The van der Waals surface area contributed by atoms with E-state index in [0.29, 0.717) is 11.3 Å². The molecule has 1 N–H and O–H groups in total. The molecule has 1 aromatic rings. The first-order chi connectivity index (χ1) is 6.44. The van der Waals surface area contributed by atoms with Crippen molar-refractivity contribution in [3.05, 3.63) is 34.3 Å². The summed E-state index contributed by atoms with van der Waals surface area (Å²) in [5.74, 6) is 0. The molecule has 1 unspecified atom stereocenters. The maximum Gasteiger partial charge on any atom is 0.151 e.